The standard InChI is InChI=1S/C11H14N4O2/c1-6-5-13-9-7(8(6)12-2)10(16)15(4)11(17)14(9)3/h5H,1-4H3,(H,12,13). The van der Waals surface area contributed by atoms with E-state index in [1.54, 1.807) is 20.3 Å². The van der Waals surface area contributed by atoms with Crippen LogP contribution in [0.4, 0.5) is 5.69 Å². The van der Waals surface area contributed by atoms with Crippen molar-refractivity contribution < 1.29 is 0 Å². The fourth-order valence-electron chi connectivity index (χ4n) is 1.95. The van der Waals surface area contributed by atoms with Gasteiger partial charge in [-0.2, -0.15) is 0 Å². The topological polar surface area (TPSA) is 68.9 Å². The van der Waals surface area contributed by atoms with Gasteiger partial charge in [-0.1, -0.05) is 0 Å². The first-order valence-corrected chi connectivity index (χ1v) is 5.22. The monoisotopic (exact) mass is 234 g/mol. The quantitative estimate of drug-likeness (QED) is 0.753. The maximum atomic E-state index is 12.1. The Kier molecular flexibility index (Phi) is 2.49. The van der Waals surface area contributed by atoms with Gasteiger partial charge in [-0.3, -0.25) is 13.9 Å². The van der Waals surface area contributed by atoms with Gasteiger partial charge in [0.25, 0.3) is 5.56 Å². The Bertz CT molecular complexity index is 712. The van der Waals surface area contributed by atoms with E-state index in [1.165, 1.54) is 11.6 Å². The second-order valence-corrected chi connectivity index (χ2v) is 3.97. The third-order valence-electron chi connectivity index (χ3n) is 2.91. The Hall–Kier alpha value is -2.11. The zero-order chi connectivity index (χ0) is 12.7. The summed E-state index contributed by atoms with van der Waals surface area (Å²) in [5.41, 5.74) is 1.28. The molecule has 0 saturated carbocycles. The summed E-state index contributed by atoms with van der Waals surface area (Å²) in [6, 6.07) is 0. The highest BCUT2D eigenvalue weighted by atomic mass is 16.2. The summed E-state index contributed by atoms with van der Waals surface area (Å²) in [7, 11) is 4.81. The maximum Gasteiger partial charge on any atom is 0.332 e. The van der Waals surface area contributed by atoms with Gasteiger partial charge in [-0.15, -0.1) is 0 Å². The van der Waals surface area contributed by atoms with Crippen LogP contribution in [0.25, 0.3) is 11.0 Å². The Morgan fingerprint density at radius 2 is 1.88 bits per heavy atom. The van der Waals surface area contributed by atoms with Crippen molar-refractivity contribution in [2.24, 2.45) is 14.1 Å². The third-order valence-corrected chi connectivity index (χ3v) is 2.91. The summed E-state index contributed by atoms with van der Waals surface area (Å²) in [6.45, 7) is 1.86. The zero-order valence-corrected chi connectivity index (χ0v) is 10.2. The number of hydrogen-bond acceptors (Lipinski definition) is 4. The molecule has 0 unspecified atom stereocenters. The van der Waals surface area contributed by atoms with Gasteiger partial charge in [-0.25, -0.2) is 9.78 Å². The molecule has 0 bridgehead atoms. The number of anilines is 1. The van der Waals surface area contributed by atoms with Crippen LogP contribution < -0.4 is 16.6 Å². The molecular formula is C11H14N4O2. The van der Waals surface area contributed by atoms with Crippen LogP contribution >= 0.6 is 0 Å². The van der Waals surface area contributed by atoms with Crippen LogP contribution in [0.15, 0.2) is 15.8 Å². The van der Waals surface area contributed by atoms with E-state index in [2.05, 4.69) is 10.3 Å². The first-order chi connectivity index (χ1) is 7.99. The molecule has 2 aromatic heterocycles. The lowest BCUT2D eigenvalue weighted by Gasteiger charge is -2.11. The highest BCUT2D eigenvalue weighted by molar-refractivity contribution is 5.89. The van der Waals surface area contributed by atoms with Crippen LogP contribution in [-0.4, -0.2) is 21.2 Å². The van der Waals surface area contributed by atoms with Crippen molar-refractivity contribution in [2.45, 2.75) is 6.92 Å². The van der Waals surface area contributed by atoms with E-state index in [-0.39, 0.29) is 11.2 Å². The second kappa shape index (κ2) is 3.73. The minimum atomic E-state index is -0.374. The molecule has 0 fully saturated rings. The number of rotatable bonds is 1. The van der Waals surface area contributed by atoms with Crippen LogP contribution in [0.5, 0.6) is 0 Å². The number of aryl methyl sites for hydroxylation is 2. The number of hydrogen-bond donors (Lipinski definition) is 1. The van der Waals surface area contributed by atoms with Gasteiger partial charge in [0.1, 0.15) is 5.39 Å². The highest BCUT2D eigenvalue weighted by Crippen LogP contribution is 2.20. The lowest BCUT2D eigenvalue weighted by molar-refractivity contribution is 0.707. The Labute approximate surface area is 97.5 Å². The fraction of sp³-hybridized carbons (Fsp3) is 0.364. The van der Waals surface area contributed by atoms with E-state index in [9.17, 15) is 9.59 Å². The molecular weight excluding hydrogens is 220 g/mol. The van der Waals surface area contributed by atoms with Crippen molar-refractivity contribution in [1.29, 1.82) is 0 Å². The summed E-state index contributed by atoms with van der Waals surface area (Å²) in [6.07, 6.45) is 1.65. The predicted molar refractivity (Wildman–Crippen MR) is 66.5 cm³/mol. The van der Waals surface area contributed by atoms with Crippen molar-refractivity contribution in [2.75, 3.05) is 12.4 Å². The molecule has 17 heavy (non-hydrogen) atoms. The summed E-state index contributed by atoms with van der Waals surface area (Å²) in [5, 5.41) is 3.43. The molecule has 90 valence electrons. The molecule has 6 heteroatoms. The van der Waals surface area contributed by atoms with Crippen LogP contribution in [-0.2, 0) is 14.1 Å². The van der Waals surface area contributed by atoms with E-state index in [0.717, 1.165) is 10.1 Å². The minimum Gasteiger partial charge on any atom is -0.387 e. The second-order valence-electron chi connectivity index (χ2n) is 3.97. The van der Waals surface area contributed by atoms with Crippen molar-refractivity contribution in [3.8, 4) is 0 Å². The largest absolute Gasteiger partial charge is 0.387 e. The SMILES string of the molecule is CNc1c(C)cnc2c1c(=O)n(C)c(=O)n2C. The van der Waals surface area contributed by atoms with Gasteiger partial charge in [0.05, 0.1) is 5.69 Å². The summed E-state index contributed by atoms with van der Waals surface area (Å²) >= 11 is 0. The smallest absolute Gasteiger partial charge is 0.332 e. The molecule has 0 saturated heterocycles. The normalized spacial score (nSPS) is 10.8. The Balaban J connectivity index is 3.18. The number of nitrogens with one attached hydrogen (secondary N) is 1. The molecule has 1 N–H and O–H groups in total. The van der Waals surface area contributed by atoms with Crippen molar-refractivity contribution in [3.05, 3.63) is 32.6 Å². The molecule has 2 heterocycles. The lowest BCUT2D eigenvalue weighted by atomic mass is 10.2. The van der Waals surface area contributed by atoms with Crippen LogP contribution in [0.2, 0.25) is 0 Å². The van der Waals surface area contributed by atoms with Gasteiger partial charge in [0.15, 0.2) is 5.65 Å². The Morgan fingerprint density at radius 1 is 1.24 bits per heavy atom. The molecule has 0 radical (unpaired) electrons. The third kappa shape index (κ3) is 1.44. The molecule has 6 nitrogen and oxygen atoms in total. The number of aromatic nitrogens is 3. The molecule has 0 aliphatic heterocycles. The maximum absolute atomic E-state index is 12.1. The summed E-state index contributed by atoms with van der Waals surface area (Å²) in [5.74, 6) is 0. The fourth-order valence-corrected chi connectivity index (χ4v) is 1.95. The first-order valence-electron chi connectivity index (χ1n) is 5.22. The molecule has 0 aliphatic rings. The number of nitrogens with zero attached hydrogens (tertiary/aromatic N) is 3. The van der Waals surface area contributed by atoms with Gasteiger partial charge in [0.2, 0.25) is 0 Å². The molecule has 0 spiro atoms. The van der Waals surface area contributed by atoms with E-state index < -0.39 is 0 Å². The lowest BCUT2D eigenvalue weighted by Crippen LogP contribution is -2.37. The average molecular weight is 234 g/mol. The molecule has 2 rings (SSSR count). The number of pyridine rings is 1. The minimum absolute atomic E-state index is 0.330. The highest BCUT2D eigenvalue weighted by Gasteiger charge is 2.14. The van der Waals surface area contributed by atoms with Gasteiger partial charge in [0, 0.05) is 27.3 Å². The zero-order valence-electron chi connectivity index (χ0n) is 10.2. The molecule has 0 amide bonds. The van der Waals surface area contributed by atoms with Gasteiger partial charge in [-0.05, 0) is 12.5 Å². The summed E-state index contributed by atoms with van der Waals surface area (Å²) < 4.78 is 2.46. The predicted octanol–water partition coefficient (Wildman–Crippen LogP) is -0.0177. The van der Waals surface area contributed by atoms with Crippen LogP contribution in [0.3, 0.4) is 0 Å². The Morgan fingerprint density at radius 3 is 2.47 bits per heavy atom. The average Bonchev–Trinajstić information content (AvgIpc) is 2.33. The number of fused-ring (bicyclic) bond motifs is 1. The van der Waals surface area contributed by atoms with Crippen molar-refractivity contribution in [1.82, 2.24) is 14.1 Å². The van der Waals surface area contributed by atoms with Crippen molar-refractivity contribution in [3.63, 3.8) is 0 Å². The van der Waals surface area contributed by atoms with Crippen LogP contribution in [0.1, 0.15) is 5.56 Å². The molecule has 0 atom stereocenters. The molecule has 0 aliphatic carbocycles. The van der Waals surface area contributed by atoms with Crippen LogP contribution in [0, 0.1) is 6.92 Å². The van der Waals surface area contributed by atoms with Gasteiger partial charge >= 0.3 is 5.69 Å². The molecule has 0 aromatic carbocycles. The summed E-state index contributed by atoms with van der Waals surface area (Å²) in [4.78, 5) is 28.0. The van der Waals surface area contributed by atoms with Crippen molar-refractivity contribution >= 4 is 16.7 Å². The first kappa shape index (κ1) is 11.4. The van der Waals surface area contributed by atoms with E-state index in [0.29, 0.717) is 16.7 Å². The van der Waals surface area contributed by atoms with E-state index in [1.807, 2.05) is 6.92 Å². The van der Waals surface area contributed by atoms with E-state index >= 15 is 0 Å². The molecule has 2 aromatic rings. The van der Waals surface area contributed by atoms with E-state index in [4.69, 9.17) is 0 Å². The van der Waals surface area contributed by atoms with Gasteiger partial charge < -0.3 is 5.32 Å².